The zero-order valence-corrected chi connectivity index (χ0v) is 15.6. The van der Waals surface area contributed by atoms with Gasteiger partial charge < -0.3 is 10.3 Å². The molecule has 1 aliphatic heterocycles. The molecule has 26 heavy (non-hydrogen) atoms. The molecule has 4 nitrogen and oxygen atoms in total. The van der Waals surface area contributed by atoms with Gasteiger partial charge in [-0.15, -0.1) is 0 Å². The molecular formula is C22H26N2O2. The summed E-state index contributed by atoms with van der Waals surface area (Å²) in [7, 11) is 0. The molecule has 0 saturated carbocycles. The maximum atomic E-state index is 11.1. The van der Waals surface area contributed by atoms with Crippen molar-refractivity contribution in [2.75, 3.05) is 0 Å². The zero-order chi connectivity index (χ0) is 19.2. The standard InChI is InChI=1S/2C11H13NO/c1-11(2)5-3-4-8-6-10(13)12-9(8)7-11;1-3-5-9-7-8-11(13)12-10(9)6-4-2/h3-5,7H,6H2,1-2H3,(H,12,13);3,5-8H,1,4H2,2H3,(H,12,13)/b;9-5-,10-6+. The van der Waals surface area contributed by atoms with E-state index in [2.05, 4.69) is 42.9 Å². The number of amides is 1. The molecule has 1 aliphatic carbocycles. The van der Waals surface area contributed by atoms with Gasteiger partial charge in [-0.2, -0.15) is 0 Å². The summed E-state index contributed by atoms with van der Waals surface area (Å²) in [6.07, 6.45) is 15.3. The molecule has 2 aliphatic rings. The number of hydrogen-bond donors (Lipinski definition) is 2. The number of allylic oxidation sites excluding steroid dienone is 6. The number of carbonyl (C=O) groups excluding carboxylic acids is 1. The first kappa shape index (κ1) is 19.4. The second-order valence-corrected chi connectivity index (χ2v) is 6.86. The van der Waals surface area contributed by atoms with Crippen LogP contribution in [0.4, 0.5) is 0 Å². The smallest absolute Gasteiger partial charge is 0.248 e. The Kier molecular flexibility index (Phi) is 6.34. The SMILES string of the molecule is C=C/C=c1/ccc(=O)[nH]/c1=C/CC.CC1(C)C=CC=C2CC(=O)NC2=C1. The quantitative estimate of drug-likeness (QED) is 0.861. The number of H-pyrrole nitrogens is 1. The number of pyridine rings is 1. The summed E-state index contributed by atoms with van der Waals surface area (Å²) < 4.78 is 0. The van der Waals surface area contributed by atoms with E-state index >= 15 is 0 Å². The van der Waals surface area contributed by atoms with Gasteiger partial charge in [0.05, 0.1) is 6.42 Å². The van der Waals surface area contributed by atoms with E-state index < -0.39 is 0 Å². The van der Waals surface area contributed by atoms with Gasteiger partial charge in [-0.1, -0.05) is 69.9 Å². The number of aromatic amines is 1. The van der Waals surface area contributed by atoms with Crippen LogP contribution in [0.5, 0.6) is 0 Å². The van der Waals surface area contributed by atoms with Gasteiger partial charge in [0.25, 0.3) is 0 Å². The maximum Gasteiger partial charge on any atom is 0.248 e. The van der Waals surface area contributed by atoms with Gasteiger partial charge in [-0.05, 0) is 23.3 Å². The first-order valence-corrected chi connectivity index (χ1v) is 8.78. The van der Waals surface area contributed by atoms with Crippen LogP contribution in [0.25, 0.3) is 12.2 Å². The Bertz CT molecular complexity index is 957. The molecule has 1 amide bonds. The maximum absolute atomic E-state index is 11.1. The second kappa shape index (κ2) is 8.48. The number of aromatic nitrogens is 1. The van der Waals surface area contributed by atoms with Crippen molar-refractivity contribution in [2.24, 2.45) is 5.41 Å². The molecule has 0 spiro atoms. The minimum absolute atomic E-state index is 0.0329. The van der Waals surface area contributed by atoms with Crippen LogP contribution in [-0.2, 0) is 4.79 Å². The third-order valence-corrected chi connectivity index (χ3v) is 4.00. The molecule has 2 heterocycles. The fraction of sp³-hybridized carbons (Fsp3) is 0.273. The molecular weight excluding hydrogens is 324 g/mol. The van der Waals surface area contributed by atoms with Crippen LogP contribution in [0.3, 0.4) is 0 Å². The van der Waals surface area contributed by atoms with Gasteiger partial charge in [0, 0.05) is 22.5 Å². The molecule has 1 fully saturated rings. The molecule has 136 valence electrons. The largest absolute Gasteiger partial charge is 0.326 e. The lowest BCUT2D eigenvalue weighted by Crippen LogP contribution is -2.33. The van der Waals surface area contributed by atoms with E-state index in [4.69, 9.17) is 0 Å². The number of fused-ring (bicyclic) bond motifs is 1. The first-order chi connectivity index (χ1) is 12.3. The first-order valence-electron chi connectivity index (χ1n) is 8.78. The minimum Gasteiger partial charge on any atom is -0.326 e. The Labute approximate surface area is 154 Å². The molecule has 1 saturated heterocycles. The van der Waals surface area contributed by atoms with Crippen molar-refractivity contribution in [1.82, 2.24) is 10.3 Å². The van der Waals surface area contributed by atoms with Crippen LogP contribution in [0.2, 0.25) is 0 Å². The van der Waals surface area contributed by atoms with E-state index in [1.54, 1.807) is 12.1 Å². The summed E-state index contributed by atoms with van der Waals surface area (Å²) in [5.41, 5.74) is 2.05. The molecule has 1 aromatic heterocycles. The van der Waals surface area contributed by atoms with Crippen LogP contribution in [0.1, 0.15) is 33.6 Å². The molecule has 4 heteroatoms. The summed E-state index contributed by atoms with van der Waals surface area (Å²) >= 11 is 0. The van der Waals surface area contributed by atoms with E-state index in [1.807, 2.05) is 31.2 Å². The molecule has 1 aromatic rings. The fourth-order valence-corrected chi connectivity index (χ4v) is 2.80. The molecule has 0 bridgehead atoms. The van der Waals surface area contributed by atoms with Crippen molar-refractivity contribution in [2.45, 2.75) is 33.6 Å². The van der Waals surface area contributed by atoms with Crippen LogP contribution in [0, 0.1) is 5.41 Å². The molecule has 2 N–H and O–H groups in total. The normalized spacial score (nSPS) is 18.8. The number of hydrogen-bond acceptors (Lipinski definition) is 2. The second-order valence-electron chi connectivity index (χ2n) is 6.86. The van der Waals surface area contributed by atoms with E-state index in [1.165, 1.54) is 6.07 Å². The zero-order valence-electron chi connectivity index (χ0n) is 15.6. The highest BCUT2D eigenvalue weighted by Crippen LogP contribution is 2.29. The van der Waals surface area contributed by atoms with Crippen LogP contribution < -0.4 is 21.4 Å². The monoisotopic (exact) mass is 350 g/mol. The Morgan fingerprint density at radius 1 is 1.27 bits per heavy atom. The highest BCUT2D eigenvalue weighted by atomic mass is 16.2. The lowest BCUT2D eigenvalue weighted by Gasteiger charge is -2.14. The third-order valence-electron chi connectivity index (χ3n) is 4.00. The average molecular weight is 350 g/mol. The van der Waals surface area contributed by atoms with E-state index in [0.29, 0.717) is 6.42 Å². The Hall–Kier alpha value is -2.88. The lowest BCUT2D eigenvalue weighted by molar-refractivity contribution is -0.118. The molecule has 0 aromatic carbocycles. The molecule has 0 atom stereocenters. The van der Waals surface area contributed by atoms with Crippen molar-refractivity contribution < 1.29 is 4.79 Å². The highest BCUT2D eigenvalue weighted by Gasteiger charge is 2.24. The number of carbonyl (C=O) groups is 1. The predicted molar refractivity (Wildman–Crippen MR) is 108 cm³/mol. The van der Waals surface area contributed by atoms with Crippen LogP contribution in [0.15, 0.2) is 65.2 Å². The van der Waals surface area contributed by atoms with Crippen molar-refractivity contribution >= 4 is 18.1 Å². The van der Waals surface area contributed by atoms with Gasteiger partial charge in [-0.25, -0.2) is 0 Å². The van der Waals surface area contributed by atoms with Gasteiger partial charge in [0.15, 0.2) is 0 Å². The Morgan fingerprint density at radius 2 is 2.04 bits per heavy atom. The summed E-state index contributed by atoms with van der Waals surface area (Å²) in [5, 5.41) is 4.73. The summed E-state index contributed by atoms with van der Waals surface area (Å²) in [4.78, 5) is 24.9. The summed E-state index contributed by atoms with van der Waals surface area (Å²) in [5.74, 6) is 0.101. The molecule has 0 radical (unpaired) electrons. The van der Waals surface area contributed by atoms with Crippen molar-refractivity contribution in [1.29, 1.82) is 0 Å². The Balaban J connectivity index is 0.000000187. The van der Waals surface area contributed by atoms with E-state index in [-0.39, 0.29) is 16.9 Å². The Morgan fingerprint density at radius 3 is 2.73 bits per heavy atom. The van der Waals surface area contributed by atoms with Gasteiger partial charge in [-0.3, -0.25) is 9.59 Å². The molecule has 3 rings (SSSR count). The minimum atomic E-state index is -0.0686. The summed E-state index contributed by atoms with van der Waals surface area (Å²) in [6, 6.07) is 3.31. The van der Waals surface area contributed by atoms with E-state index in [9.17, 15) is 9.59 Å². The van der Waals surface area contributed by atoms with Gasteiger partial charge >= 0.3 is 0 Å². The van der Waals surface area contributed by atoms with Crippen LogP contribution >= 0.6 is 0 Å². The fourth-order valence-electron chi connectivity index (χ4n) is 2.80. The van der Waals surface area contributed by atoms with Gasteiger partial charge in [0.1, 0.15) is 0 Å². The summed E-state index contributed by atoms with van der Waals surface area (Å²) in [6.45, 7) is 9.89. The van der Waals surface area contributed by atoms with E-state index in [0.717, 1.165) is 28.3 Å². The van der Waals surface area contributed by atoms with Crippen LogP contribution in [-0.4, -0.2) is 10.9 Å². The third kappa shape index (κ3) is 5.31. The highest BCUT2D eigenvalue weighted by molar-refractivity contribution is 5.87. The average Bonchev–Trinajstić information content (AvgIpc) is 2.82. The predicted octanol–water partition coefficient (Wildman–Crippen LogP) is 2.44. The lowest BCUT2D eigenvalue weighted by atomic mass is 9.92. The number of nitrogens with one attached hydrogen (secondary N) is 2. The van der Waals surface area contributed by atoms with Crippen molar-refractivity contribution in [3.05, 3.63) is 81.3 Å². The molecule has 0 unspecified atom stereocenters. The number of rotatable bonds is 2. The van der Waals surface area contributed by atoms with Crippen molar-refractivity contribution in [3.8, 4) is 0 Å². The topological polar surface area (TPSA) is 62.0 Å². The van der Waals surface area contributed by atoms with Gasteiger partial charge in [0.2, 0.25) is 11.5 Å². The van der Waals surface area contributed by atoms with Crippen molar-refractivity contribution in [3.63, 3.8) is 0 Å².